The molecule has 0 amide bonds. The first-order valence-corrected chi connectivity index (χ1v) is 21.7. The van der Waals surface area contributed by atoms with Crippen molar-refractivity contribution in [2.45, 2.75) is 25.7 Å². The van der Waals surface area contributed by atoms with Crippen LogP contribution in [0.2, 0.25) is 0 Å². The minimum absolute atomic E-state index is 1.00. The van der Waals surface area contributed by atoms with Crippen molar-refractivity contribution in [3.8, 4) is 22.3 Å². The topological polar surface area (TPSA) is 6.48 Å². The molecule has 11 aromatic carbocycles. The lowest BCUT2D eigenvalue weighted by molar-refractivity contribution is 0.767. The lowest BCUT2D eigenvalue weighted by atomic mass is 9.82. The SMILES string of the molecule is c1ccc2c(c1)CCCN2c1ccc2c(-c3ccc4ccc5cccc6ccc3c4c56)c3cc(N4CCCc5ccccc54)ccc3c(-c3ccc4ccccc4c3)c2c1. The zero-order valence-corrected chi connectivity index (χ0v) is 33.5. The zero-order chi connectivity index (χ0) is 39.3. The maximum Gasteiger partial charge on any atom is 0.0443 e. The van der Waals surface area contributed by atoms with E-state index in [1.165, 1.54) is 121 Å². The van der Waals surface area contributed by atoms with Crippen LogP contribution in [0.3, 0.4) is 0 Å². The number of nitrogens with zero attached hydrogens (tertiary/aromatic N) is 2. The molecule has 13 rings (SSSR count). The summed E-state index contributed by atoms with van der Waals surface area (Å²) in [5.74, 6) is 0. The lowest BCUT2D eigenvalue weighted by Gasteiger charge is -2.32. The molecule has 2 aliphatic heterocycles. The van der Waals surface area contributed by atoms with Gasteiger partial charge in [-0.2, -0.15) is 0 Å². The maximum absolute atomic E-state index is 2.56. The largest absolute Gasteiger partial charge is 0.341 e. The number of hydrogen-bond acceptors (Lipinski definition) is 2. The fourth-order valence-corrected chi connectivity index (χ4v) is 11.0. The fourth-order valence-electron chi connectivity index (χ4n) is 11.0. The monoisotopic (exact) mass is 766 g/mol. The van der Waals surface area contributed by atoms with Crippen LogP contribution in [-0.2, 0) is 12.8 Å². The summed E-state index contributed by atoms with van der Waals surface area (Å²) in [6, 6.07) is 69.3. The molecule has 0 fully saturated rings. The Labute approximate surface area is 349 Å². The Balaban J connectivity index is 1.17. The molecule has 0 bridgehead atoms. The van der Waals surface area contributed by atoms with Crippen molar-refractivity contribution in [2.75, 3.05) is 22.9 Å². The molecule has 284 valence electrons. The van der Waals surface area contributed by atoms with Crippen molar-refractivity contribution >= 4 is 87.4 Å². The van der Waals surface area contributed by atoms with Gasteiger partial charge in [-0.05, 0) is 166 Å². The molecule has 0 unspecified atom stereocenters. The van der Waals surface area contributed by atoms with Crippen LogP contribution in [0.1, 0.15) is 24.0 Å². The normalized spacial score (nSPS) is 14.2. The van der Waals surface area contributed by atoms with E-state index >= 15 is 0 Å². The van der Waals surface area contributed by atoms with E-state index in [2.05, 4.69) is 192 Å². The highest BCUT2D eigenvalue weighted by molar-refractivity contribution is 6.30. The highest BCUT2D eigenvalue weighted by Gasteiger charge is 2.25. The van der Waals surface area contributed by atoms with Crippen LogP contribution in [0.4, 0.5) is 22.7 Å². The van der Waals surface area contributed by atoms with Crippen molar-refractivity contribution in [3.63, 3.8) is 0 Å². The summed E-state index contributed by atoms with van der Waals surface area (Å²) in [4.78, 5) is 5.11. The Hall–Kier alpha value is -7.16. The van der Waals surface area contributed by atoms with Gasteiger partial charge in [0, 0.05) is 35.8 Å². The van der Waals surface area contributed by atoms with E-state index in [0.717, 1.165) is 38.8 Å². The minimum atomic E-state index is 1.00. The Kier molecular flexibility index (Phi) is 7.42. The molecule has 0 spiro atoms. The van der Waals surface area contributed by atoms with Crippen LogP contribution in [-0.4, -0.2) is 13.1 Å². The summed E-state index contributed by atoms with van der Waals surface area (Å²) in [6.45, 7) is 2.01. The van der Waals surface area contributed by atoms with Crippen molar-refractivity contribution < 1.29 is 0 Å². The van der Waals surface area contributed by atoms with Gasteiger partial charge in [0.05, 0.1) is 0 Å². The minimum Gasteiger partial charge on any atom is -0.341 e. The molecule has 0 aromatic heterocycles. The summed E-state index contributed by atoms with van der Waals surface area (Å²) < 4.78 is 0. The van der Waals surface area contributed by atoms with Crippen molar-refractivity contribution in [1.82, 2.24) is 0 Å². The summed E-state index contributed by atoms with van der Waals surface area (Å²) in [6.07, 6.45) is 4.52. The van der Waals surface area contributed by atoms with E-state index in [1.807, 2.05) is 0 Å². The highest BCUT2D eigenvalue weighted by Crippen LogP contribution is 2.50. The summed E-state index contributed by atoms with van der Waals surface area (Å²) in [7, 11) is 0. The molecule has 0 atom stereocenters. The van der Waals surface area contributed by atoms with Crippen molar-refractivity contribution in [3.05, 3.63) is 193 Å². The number of benzene rings is 11. The van der Waals surface area contributed by atoms with Gasteiger partial charge in [0.2, 0.25) is 0 Å². The molecule has 0 radical (unpaired) electrons. The Morgan fingerprint density at radius 1 is 0.333 bits per heavy atom. The first-order valence-electron chi connectivity index (χ1n) is 21.7. The van der Waals surface area contributed by atoms with Gasteiger partial charge in [-0.1, -0.05) is 140 Å². The molecule has 2 heterocycles. The molecule has 0 N–H and O–H groups in total. The Morgan fingerprint density at radius 2 is 0.850 bits per heavy atom. The van der Waals surface area contributed by atoms with Gasteiger partial charge in [0.15, 0.2) is 0 Å². The second-order valence-electron chi connectivity index (χ2n) is 17.0. The number of anilines is 4. The van der Waals surface area contributed by atoms with E-state index in [0.29, 0.717) is 0 Å². The second-order valence-corrected chi connectivity index (χ2v) is 17.0. The van der Waals surface area contributed by atoms with Crippen LogP contribution in [0.25, 0.3) is 86.9 Å². The third-order valence-electron chi connectivity index (χ3n) is 13.8. The average Bonchev–Trinajstić information content (AvgIpc) is 3.31. The number of para-hydroxylation sites is 2. The van der Waals surface area contributed by atoms with Gasteiger partial charge in [0.1, 0.15) is 0 Å². The van der Waals surface area contributed by atoms with Gasteiger partial charge >= 0.3 is 0 Å². The second kappa shape index (κ2) is 13.2. The predicted molar refractivity (Wildman–Crippen MR) is 257 cm³/mol. The first kappa shape index (κ1) is 33.8. The van der Waals surface area contributed by atoms with E-state index in [4.69, 9.17) is 0 Å². The smallest absolute Gasteiger partial charge is 0.0443 e. The highest BCUT2D eigenvalue weighted by atomic mass is 15.1. The predicted octanol–water partition coefficient (Wildman–Crippen LogP) is 15.5. The van der Waals surface area contributed by atoms with Gasteiger partial charge in [-0.25, -0.2) is 0 Å². The molecule has 2 heteroatoms. The van der Waals surface area contributed by atoms with Crippen molar-refractivity contribution in [1.29, 1.82) is 0 Å². The molecule has 2 nitrogen and oxygen atoms in total. The lowest BCUT2D eigenvalue weighted by Crippen LogP contribution is -2.24. The molecule has 60 heavy (non-hydrogen) atoms. The van der Waals surface area contributed by atoms with Gasteiger partial charge in [-0.3, -0.25) is 0 Å². The van der Waals surface area contributed by atoms with Crippen LogP contribution < -0.4 is 9.80 Å². The summed E-state index contributed by atoms with van der Waals surface area (Å²) in [5, 5.41) is 15.5. The fraction of sp³-hybridized carbons (Fsp3) is 0.103. The van der Waals surface area contributed by atoms with Gasteiger partial charge in [-0.15, -0.1) is 0 Å². The van der Waals surface area contributed by atoms with E-state index in [1.54, 1.807) is 0 Å². The van der Waals surface area contributed by atoms with Crippen LogP contribution in [0, 0.1) is 0 Å². The maximum atomic E-state index is 2.56. The zero-order valence-electron chi connectivity index (χ0n) is 33.5. The van der Waals surface area contributed by atoms with E-state index in [9.17, 15) is 0 Å². The third-order valence-corrected chi connectivity index (χ3v) is 13.8. The average molecular weight is 767 g/mol. The number of hydrogen-bond donors (Lipinski definition) is 0. The van der Waals surface area contributed by atoms with Crippen LogP contribution in [0.5, 0.6) is 0 Å². The van der Waals surface area contributed by atoms with Gasteiger partial charge < -0.3 is 9.80 Å². The van der Waals surface area contributed by atoms with Crippen molar-refractivity contribution in [2.24, 2.45) is 0 Å². The van der Waals surface area contributed by atoms with Crippen LogP contribution >= 0.6 is 0 Å². The number of aryl methyl sites for hydroxylation is 2. The number of fused-ring (bicyclic) bond motifs is 5. The molecule has 11 aromatic rings. The molecule has 0 aliphatic carbocycles. The summed E-state index contributed by atoms with van der Waals surface area (Å²) >= 11 is 0. The van der Waals surface area contributed by atoms with E-state index < -0.39 is 0 Å². The first-order chi connectivity index (χ1) is 29.7. The molecule has 0 saturated carbocycles. The Bertz CT molecular complexity index is 3510. The number of rotatable bonds is 4. The molecule has 0 saturated heterocycles. The third kappa shape index (κ3) is 5.07. The summed E-state index contributed by atoms with van der Waals surface area (Å²) in [5.41, 5.74) is 13.1. The molecule has 2 aliphatic rings. The van der Waals surface area contributed by atoms with Gasteiger partial charge in [0.25, 0.3) is 0 Å². The van der Waals surface area contributed by atoms with E-state index in [-0.39, 0.29) is 0 Å². The Morgan fingerprint density at radius 3 is 1.55 bits per heavy atom. The standard InChI is InChI=1S/C58H42N2/c1-2-13-43-34-44(23-20-37(43)10-1)56-49-30-26-46(60-33-9-17-39-12-4-6-19-54(39)60)36-52(49)58(48-29-25-42-22-21-40-14-7-15-41-24-28-47(48)57(42)55(40)41)50-31-27-45(35-51(50)56)59-32-8-16-38-11-3-5-18-53(38)59/h1-7,10-15,18-31,34-36H,8-9,16-17,32-33H2. The molecular weight excluding hydrogens is 725 g/mol. The van der Waals surface area contributed by atoms with Crippen LogP contribution in [0.15, 0.2) is 182 Å². The quantitative estimate of drug-likeness (QED) is 0.130. The molecular formula is C58H42N2.